The fourth-order valence-electron chi connectivity index (χ4n) is 0.840. The topological polar surface area (TPSA) is 17.1 Å². The van der Waals surface area contributed by atoms with Gasteiger partial charge in [0, 0.05) is 4.88 Å². The lowest BCUT2D eigenvalue weighted by molar-refractivity contribution is 0.100. The zero-order valence-electron chi connectivity index (χ0n) is 7.18. The molecule has 2 heteroatoms. The molecule has 0 spiro atoms. The maximum Gasteiger partial charge on any atom is 0.184 e. The highest BCUT2D eigenvalue weighted by Crippen LogP contribution is 2.16. The van der Waals surface area contributed by atoms with Crippen molar-refractivity contribution in [3.05, 3.63) is 21.9 Å². The van der Waals surface area contributed by atoms with Crippen molar-refractivity contribution in [2.24, 2.45) is 0 Å². The van der Waals surface area contributed by atoms with Crippen LogP contribution in [0.1, 0.15) is 27.9 Å². The Kier molecular flexibility index (Phi) is 3.07. The van der Waals surface area contributed by atoms with Crippen LogP contribution in [0.5, 0.6) is 0 Å². The molecule has 0 aromatic carbocycles. The molecule has 0 saturated heterocycles. The zero-order chi connectivity index (χ0) is 8.97. The van der Waals surface area contributed by atoms with Gasteiger partial charge in [-0.3, -0.25) is 4.79 Å². The second kappa shape index (κ2) is 4.08. The minimum Gasteiger partial charge on any atom is -0.292 e. The Morgan fingerprint density at radius 1 is 1.58 bits per heavy atom. The van der Waals surface area contributed by atoms with Crippen molar-refractivity contribution in [3.63, 3.8) is 0 Å². The Hall–Kier alpha value is -1.07. The number of hydrogen-bond donors (Lipinski definition) is 0. The molecule has 0 bridgehead atoms. The lowest BCUT2D eigenvalue weighted by Gasteiger charge is -1.87. The summed E-state index contributed by atoms with van der Waals surface area (Å²) in [5.74, 6) is 5.60. The first-order chi connectivity index (χ1) is 5.74. The summed E-state index contributed by atoms with van der Waals surface area (Å²) in [6.07, 6.45) is 0.344. The highest BCUT2D eigenvalue weighted by atomic mass is 32.1. The zero-order valence-corrected chi connectivity index (χ0v) is 7.99. The van der Waals surface area contributed by atoms with Crippen LogP contribution in [0, 0.1) is 18.8 Å². The summed E-state index contributed by atoms with van der Waals surface area (Å²) in [6, 6.07) is 3.82. The Balaban J connectivity index is 2.69. The SMILES string of the molecule is CC#CCC(=O)c1ccc(C)s1. The first-order valence-corrected chi connectivity index (χ1v) is 4.55. The molecule has 0 unspecified atom stereocenters. The van der Waals surface area contributed by atoms with Crippen LogP contribution in [0.15, 0.2) is 12.1 Å². The lowest BCUT2D eigenvalue weighted by Crippen LogP contribution is -1.92. The van der Waals surface area contributed by atoms with Crippen LogP contribution in [0.2, 0.25) is 0 Å². The molecule has 0 atom stereocenters. The molecule has 0 amide bonds. The molecule has 0 N–H and O–H groups in total. The van der Waals surface area contributed by atoms with E-state index >= 15 is 0 Å². The van der Waals surface area contributed by atoms with E-state index in [1.165, 1.54) is 16.2 Å². The van der Waals surface area contributed by atoms with Crippen molar-refractivity contribution in [1.29, 1.82) is 0 Å². The van der Waals surface area contributed by atoms with E-state index in [4.69, 9.17) is 0 Å². The van der Waals surface area contributed by atoms with Gasteiger partial charge in [-0.2, -0.15) is 0 Å². The summed E-state index contributed by atoms with van der Waals surface area (Å²) in [5, 5.41) is 0. The first-order valence-electron chi connectivity index (χ1n) is 3.73. The summed E-state index contributed by atoms with van der Waals surface area (Å²) in [6.45, 7) is 3.74. The highest BCUT2D eigenvalue weighted by Gasteiger charge is 2.05. The monoisotopic (exact) mass is 178 g/mol. The molecule has 1 nitrogen and oxygen atoms in total. The number of ketones is 1. The average Bonchev–Trinajstić information content (AvgIpc) is 2.47. The van der Waals surface area contributed by atoms with Gasteiger partial charge in [0.2, 0.25) is 0 Å². The van der Waals surface area contributed by atoms with Gasteiger partial charge in [-0.05, 0) is 26.0 Å². The van der Waals surface area contributed by atoms with Gasteiger partial charge in [0.1, 0.15) is 0 Å². The van der Waals surface area contributed by atoms with Crippen LogP contribution >= 0.6 is 11.3 Å². The molecule has 12 heavy (non-hydrogen) atoms. The minimum atomic E-state index is 0.127. The number of rotatable bonds is 2. The largest absolute Gasteiger partial charge is 0.292 e. The standard InChI is InChI=1S/C10H10OS/c1-3-4-5-9(11)10-7-6-8(2)12-10/h6-7H,5H2,1-2H3. The van der Waals surface area contributed by atoms with E-state index in [9.17, 15) is 4.79 Å². The Labute approximate surface area is 76.4 Å². The van der Waals surface area contributed by atoms with Gasteiger partial charge in [0.05, 0.1) is 11.3 Å². The highest BCUT2D eigenvalue weighted by molar-refractivity contribution is 7.14. The molecule has 0 aliphatic rings. The average molecular weight is 178 g/mol. The molecular weight excluding hydrogens is 168 g/mol. The number of carbonyl (C=O) groups is 1. The van der Waals surface area contributed by atoms with Crippen LogP contribution in [0.3, 0.4) is 0 Å². The van der Waals surface area contributed by atoms with E-state index in [-0.39, 0.29) is 5.78 Å². The van der Waals surface area contributed by atoms with Crippen molar-refractivity contribution in [3.8, 4) is 11.8 Å². The summed E-state index contributed by atoms with van der Waals surface area (Å²) >= 11 is 1.53. The van der Waals surface area contributed by atoms with Crippen LogP contribution in [-0.2, 0) is 0 Å². The van der Waals surface area contributed by atoms with Gasteiger partial charge in [0.25, 0.3) is 0 Å². The molecule has 1 aromatic heterocycles. The van der Waals surface area contributed by atoms with Crippen molar-refractivity contribution >= 4 is 17.1 Å². The maximum absolute atomic E-state index is 11.3. The van der Waals surface area contributed by atoms with Crippen LogP contribution < -0.4 is 0 Å². The van der Waals surface area contributed by atoms with E-state index in [1.54, 1.807) is 6.92 Å². The second-order valence-corrected chi connectivity index (χ2v) is 3.72. The van der Waals surface area contributed by atoms with Crippen molar-refractivity contribution in [2.45, 2.75) is 20.3 Å². The summed E-state index contributed by atoms with van der Waals surface area (Å²) in [7, 11) is 0. The fourth-order valence-corrected chi connectivity index (χ4v) is 1.65. The molecule has 0 fully saturated rings. The third kappa shape index (κ3) is 2.21. The molecule has 1 aromatic rings. The molecular formula is C10H10OS. The predicted molar refractivity (Wildman–Crippen MR) is 51.5 cm³/mol. The molecule has 1 rings (SSSR count). The Bertz CT molecular complexity index is 338. The Morgan fingerprint density at radius 3 is 2.83 bits per heavy atom. The third-order valence-corrected chi connectivity index (χ3v) is 2.48. The molecule has 0 aliphatic carbocycles. The van der Waals surface area contributed by atoms with Gasteiger partial charge < -0.3 is 0 Å². The molecule has 62 valence electrons. The Morgan fingerprint density at radius 2 is 2.33 bits per heavy atom. The van der Waals surface area contributed by atoms with Crippen LogP contribution in [0.25, 0.3) is 0 Å². The van der Waals surface area contributed by atoms with Gasteiger partial charge in [-0.15, -0.1) is 17.3 Å². The number of thiophene rings is 1. The lowest BCUT2D eigenvalue weighted by atomic mass is 10.2. The molecule has 0 saturated carbocycles. The number of carbonyl (C=O) groups excluding carboxylic acids is 1. The molecule has 0 radical (unpaired) electrons. The van der Waals surface area contributed by atoms with Crippen LogP contribution in [-0.4, -0.2) is 5.78 Å². The van der Waals surface area contributed by atoms with Gasteiger partial charge in [-0.1, -0.05) is 5.92 Å². The smallest absolute Gasteiger partial charge is 0.184 e. The van der Waals surface area contributed by atoms with Crippen molar-refractivity contribution in [1.82, 2.24) is 0 Å². The molecule has 0 aliphatic heterocycles. The number of hydrogen-bond acceptors (Lipinski definition) is 2. The predicted octanol–water partition coefficient (Wildman–Crippen LogP) is 2.65. The van der Waals surface area contributed by atoms with Gasteiger partial charge >= 0.3 is 0 Å². The number of Topliss-reactive ketones (excluding diaryl/α,β-unsaturated/α-hetero) is 1. The van der Waals surface area contributed by atoms with Crippen molar-refractivity contribution in [2.75, 3.05) is 0 Å². The summed E-state index contributed by atoms with van der Waals surface area (Å²) in [4.78, 5) is 13.3. The second-order valence-electron chi connectivity index (χ2n) is 2.44. The summed E-state index contributed by atoms with van der Waals surface area (Å²) < 4.78 is 0. The van der Waals surface area contributed by atoms with E-state index in [0.29, 0.717) is 6.42 Å². The minimum absolute atomic E-state index is 0.127. The van der Waals surface area contributed by atoms with E-state index < -0.39 is 0 Å². The normalized spacial score (nSPS) is 8.83. The fraction of sp³-hybridized carbons (Fsp3) is 0.300. The van der Waals surface area contributed by atoms with Crippen molar-refractivity contribution < 1.29 is 4.79 Å². The third-order valence-electron chi connectivity index (χ3n) is 1.44. The van der Waals surface area contributed by atoms with Gasteiger partial charge in [-0.25, -0.2) is 0 Å². The first kappa shape index (κ1) is 9.02. The van der Waals surface area contributed by atoms with Crippen LogP contribution in [0.4, 0.5) is 0 Å². The summed E-state index contributed by atoms with van der Waals surface area (Å²) in [5.41, 5.74) is 0. The number of aryl methyl sites for hydroxylation is 1. The van der Waals surface area contributed by atoms with E-state index in [0.717, 1.165) is 4.88 Å². The van der Waals surface area contributed by atoms with E-state index in [2.05, 4.69) is 11.8 Å². The quantitative estimate of drug-likeness (QED) is 0.502. The van der Waals surface area contributed by atoms with E-state index in [1.807, 2.05) is 19.1 Å². The van der Waals surface area contributed by atoms with Gasteiger partial charge in [0.15, 0.2) is 5.78 Å². The maximum atomic E-state index is 11.3. The molecule has 1 heterocycles.